The third-order valence-electron chi connectivity index (χ3n) is 2.45. The van der Waals surface area contributed by atoms with Crippen molar-refractivity contribution in [3.05, 3.63) is 29.8 Å². The first-order chi connectivity index (χ1) is 9.02. The van der Waals surface area contributed by atoms with Crippen LogP contribution in [0.5, 0.6) is 5.75 Å². The fraction of sp³-hybridized carbons (Fsp3) is 0.429. The molecule has 1 aromatic carbocycles. The van der Waals surface area contributed by atoms with Crippen molar-refractivity contribution in [2.45, 2.75) is 32.7 Å². The van der Waals surface area contributed by atoms with Crippen LogP contribution < -0.4 is 10.1 Å². The zero-order valence-corrected chi connectivity index (χ0v) is 11.2. The zero-order valence-electron chi connectivity index (χ0n) is 11.2. The van der Waals surface area contributed by atoms with Gasteiger partial charge in [0.2, 0.25) is 0 Å². The second-order valence-corrected chi connectivity index (χ2v) is 4.35. The maximum Gasteiger partial charge on any atom is 0.305 e. The summed E-state index contributed by atoms with van der Waals surface area (Å²) in [7, 11) is 0. The van der Waals surface area contributed by atoms with Crippen LogP contribution in [0.3, 0.4) is 0 Å². The van der Waals surface area contributed by atoms with E-state index >= 15 is 0 Å². The zero-order chi connectivity index (χ0) is 14.3. The highest BCUT2D eigenvalue weighted by molar-refractivity contribution is 5.94. The van der Waals surface area contributed by atoms with Crippen LogP contribution in [-0.4, -0.2) is 29.6 Å². The van der Waals surface area contributed by atoms with E-state index in [9.17, 15) is 9.59 Å². The van der Waals surface area contributed by atoms with E-state index in [1.807, 2.05) is 6.92 Å². The van der Waals surface area contributed by atoms with Gasteiger partial charge in [0.1, 0.15) is 5.75 Å². The molecular formula is C14H19NO4. The quantitative estimate of drug-likeness (QED) is 0.791. The number of nitrogens with one attached hydrogen (secondary N) is 1. The van der Waals surface area contributed by atoms with Gasteiger partial charge < -0.3 is 15.2 Å². The molecule has 0 saturated heterocycles. The van der Waals surface area contributed by atoms with Gasteiger partial charge in [0, 0.05) is 11.6 Å². The summed E-state index contributed by atoms with van der Waals surface area (Å²) >= 11 is 0. The molecule has 0 aliphatic rings. The lowest BCUT2D eigenvalue weighted by Crippen LogP contribution is -2.34. The molecule has 0 aromatic heterocycles. The van der Waals surface area contributed by atoms with E-state index < -0.39 is 12.0 Å². The Morgan fingerprint density at radius 1 is 1.32 bits per heavy atom. The normalized spacial score (nSPS) is 11.7. The van der Waals surface area contributed by atoms with Gasteiger partial charge in [-0.05, 0) is 37.6 Å². The Morgan fingerprint density at radius 3 is 2.47 bits per heavy atom. The summed E-state index contributed by atoms with van der Waals surface area (Å²) in [6, 6.07) is 6.38. The largest absolute Gasteiger partial charge is 0.494 e. The Labute approximate surface area is 112 Å². The molecule has 0 heterocycles. The fourth-order valence-corrected chi connectivity index (χ4v) is 1.54. The highest BCUT2D eigenvalue weighted by Crippen LogP contribution is 2.12. The summed E-state index contributed by atoms with van der Waals surface area (Å²) in [5, 5.41) is 11.2. The van der Waals surface area contributed by atoms with E-state index in [2.05, 4.69) is 5.32 Å². The van der Waals surface area contributed by atoms with Crippen LogP contribution in [0.15, 0.2) is 24.3 Å². The minimum atomic E-state index is -0.934. The number of hydrogen-bond acceptors (Lipinski definition) is 3. The van der Waals surface area contributed by atoms with Gasteiger partial charge in [-0.15, -0.1) is 0 Å². The number of carbonyl (C=O) groups is 2. The molecule has 1 amide bonds. The monoisotopic (exact) mass is 265 g/mol. The summed E-state index contributed by atoms with van der Waals surface area (Å²) in [4.78, 5) is 22.3. The molecule has 5 heteroatoms. The van der Waals surface area contributed by atoms with E-state index in [1.165, 1.54) is 0 Å². The number of aliphatic carboxylic acids is 1. The lowest BCUT2D eigenvalue weighted by molar-refractivity contribution is -0.137. The van der Waals surface area contributed by atoms with Crippen molar-refractivity contribution < 1.29 is 19.4 Å². The van der Waals surface area contributed by atoms with E-state index in [0.717, 1.165) is 12.2 Å². The van der Waals surface area contributed by atoms with Gasteiger partial charge in [0.05, 0.1) is 13.0 Å². The second-order valence-electron chi connectivity index (χ2n) is 4.35. The van der Waals surface area contributed by atoms with Crippen molar-refractivity contribution in [2.24, 2.45) is 0 Å². The lowest BCUT2D eigenvalue weighted by Gasteiger charge is -2.12. The molecule has 104 valence electrons. The molecule has 0 aliphatic heterocycles. The fourth-order valence-electron chi connectivity index (χ4n) is 1.54. The highest BCUT2D eigenvalue weighted by atomic mass is 16.5. The van der Waals surface area contributed by atoms with E-state index in [4.69, 9.17) is 9.84 Å². The van der Waals surface area contributed by atoms with Crippen molar-refractivity contribution in [2.75, 3.05) is 6.61 Å². The molecule has 0 spiro atoms. The molecule has 1 rings (SSSR count). The Balaban J connectivity index is 2.55. The SMILES string of the molecule is CCCOc1ccc(C(=O)NC(C)CC(=O)O)cc1. The van der Waals surface area contributed by atoms with E-state index in [-0.39, 0.29) is 12.3 Å². The van der Waals surface area contributed by atoms with Crippen LogP contribution in [0, 0.1) is 0 Å². The second kappa shape index (κ2) is 7.41. The first kappa shape index (κ1) is 15.0. The maximum absolute atomic E-state index is 11.8. The standard InChI is InChI=1S/C14H19NO4/c1-3-8-19-12-6-4-11(5-7-12)14(18)15-10(2)9-13(16)17/h4-7,10H,3,8-9H2,1-2H3,(H,15,18)(H,16,17). The van der Waals surface area contributed by atoms with Crippen LogP contribution in [0.2, 0.25) is 0 Å². The van der Waals surface area contributed by atoms with Gasteiger partial charge in [-0.1, -0.05) is 6.92 Å². The van der Waals surface area contributed by atoms with Gasteiger partial charge in [0.25, 0.3) is 5.91 Å². The summed E-state index contributed by atoms with van der Waals surface area (Å²) in [5.41, 5.74) is 0.487. The Hall–Kier alpha value is -2.04. The third-order valence-corrected chi connectivity index (χ3v) is 2.45. The number of carbonyl (C=O) groups excluding carboxylic acids is 1. The van der Waals surface area contributed by atoms with Crippen LogP contribution in [0.1, 0.15) is 37.0 Å². The van der Waals surface area contributed by atoms with Gasteiger partial charge >= 0.3 is 5.97 Å². The molecule has 1 aromatic rings. The Bertz CT molecular complexity index is 428. The molecule has 19 heavy (non-hydrogen) atoms. The molecule has 1 atom stereocenters. The van der Waals surface area contributed by atoms with Crippen molar-refractivity contribution in [3.8, 4) is 5.75 Å². The lowest BCUT2D eigenvalue weighted by atomic mass is 10.1. The van der Waals surface area contributed by atoms with Crippen molar-refractivity contribution >= 4 is 11.9 Å². The van der Waals surface area contributed by atoms with Crippen molar-refractivity contribution in [1.29, 1.82) is 0 Å². The van der Waals surface area contributed by atoms with E-state index in [1.54, 1.807) is 31.2 Å². The molecule has 2 N–H and O–H groups in total. The van der Waals surface area contributed by atoms with Crippen molar-refractivity contribution in [3.63, 3.8) is 0 Å². The summed E-state index contributed by atoms with van der Waals surface area (Å²) in [5.74, 6) is -0.496. The number of amides is 1. The van der Waals surface area contributed by atoms with Crippen molar-refractivity contribution in [1.82, 2.24) is 5.32 Å². The number of benzene rings is 1. The van der Waals surface area contributed by atoms with Gasteiger partial charge in [-0.3, -0.25) is 9.59 Å². The molecule has 0 aliphatic carbocycles. The van der Waals surface area contributed by atoms with Crippen LogP contribution in [0.4, 0.5) is 0 Å². The third kappa shape index (κ3) is 5.42. The van der Waals surface area contributed by atoms with E-state index in [0.29, 0.717) is 12.2 Å². The predicted molar refractivity (Wildman–Crippen MR) is 71.4 cm³/mol. The van der Waals surface area contributed by atoms with Gasteiger partial charge in [-0.2, -0.15) is 0 Å². The van der Waals surface area contributed by atoms with Crippen LogP contribution >= 0.6 is 0 Å². The number of carboxylic acids is 1. The first-order valence-electron chi connectivity index (χ1n) is 6.28. The number of ether oxygens (including phenoxy) is 1. The minimum absolute atomic E-state index is 0.0938. The smallest absolute Gasteiger partial charge is 0.305 e. The highest BCUT2D eigenvalue weighted by Gasteiger charge is 2.12. The Morgan fingerprint density at radius 2 is 1.95 bits per heavy atom. The molecule has 0 fully saturated rings. The average molecular weight is 265 g/mol. The topological polar surface area (TPSA) is 75.6 Å². The summed E-state index contributed by atoms with van der Waals surface area (Å²) in [6.45, 7) is 4.32. The van der Waals surface area contributed by atoms with Crippen LogP contribution in [-0.2, 0) is 4.79 Å². The molecule has 5 nitrogen and oxygen atoms in total. The van der Waals surface area contributed by atoms with Crippen LogP contribution in [0.25, 0.3) is 0 Å². The molecule has 0 saturated carbocycles. The maximum atomic E-state index is 11.8. The molecule has 1 unspecified atom stereocenters. The number of hydrogen-bond donors (Lipinski definition) is 2. The summed E-state index contributed by atoms with van der Waals surface area (Å²) in [6.07, 6.45) is 0.832. The molecule has 0 radical (unpaired) electrons. The first-order valence-corrected chi connectivity index (χ1v) is 6.28. The molecular weight excluding hydrogens is 246 g/mol. The number of carboxylic acid groups (broad SMARTS) is 1. The predicted octanol–water partition coefficient (Wildman–Crippen LogP) is 2.07. The Kier molecular flexibility index (Phi) is 5.85. The summed E-state index contributed by atoms with van der Waals surface area (Å²) < 4.78 is 5.41. The minimum Gasteiger partial charge on any atom is -0.494 e. The molecule has 0 bridgehead atoms. The van der Waals surface area contributed by atoms with Gasteiger partial charge in [0.15, 0.2) is 0 Å². The average Bonchev–Trinajstić information content (AvgIpc) is 2.35. The van der Waals surface area contributed by atoms with Gasteiger partial charge in [-0.25, -0.2) is 0 Å². The number of rotatable bonds is 7.